The molecule has 0 aliphatic rings. The molecule has 1 heterocycles. The Kier molecular flexibility index (Phi) is 6.01. The molecule has 30 heavy (non-hydrogen) atoms. The molecule has 158 valence electrons. The number of methoxy groups -OCH3 is 1. The van der Waals surface area contributed by atoms with Crippen molar-refractivity contribution >= 4 is 17.1 Å². The first-order chi connectivity index (χ1) is 14.2. The summed E-state index contributed by atoms with van der Waals surface area (Å²) >= 11 is 0. The normalized spacial score (nSPS) is 11.2. The van der Waals surface area contributed by atoms with Gasteiger partial charge in [0.25, 0.3) is 0 Å². The molecule has 0 unspecified atom stereocenters. The van der Waals surface area contributed by atoms with Gasteiger partial charge in [0.2, 0.25) is 5.43 Å². The summed E-state index contributed by atoms with van der Waals surface area (Å²) in [5, 5.41) is 10.5. The molecule has 0 aliphatic heterocycles. The van der Waals surface area contributed by atoms with Gasteiger partial charge in [0.15, 0.2) is 0 Å². The minimum atomic E-state index is -0.545. The van der Waals surface area contributed by atoms with Crippen LogP contribution in [0, 0.1) is 0 Å². The van der Waals surface area contributed by atoms with Gasteiger partial charge in [-0.1, -0.05) is 12.1 Å². The molecule has 1 amide bonds. The van der Waals surface area contributed by atoms with Crippen LogP contribution in [-0.2, 0) is 0 Å². The quantitative estimate of drug-likeness (QED) is 0.649. The number of aromatic hydroxyl groups is 1. The van der Waals surface area contributed by atoms with Crippen molar-refractivity contribution in [2.24, 2.45) is 0 Å². The number of amides is 1. The maximum absolute atomic E-state index is 13.0. The third kappa shape index (κ3) is 4.10. The van der Waals surface area contributed by atoms with Crippen LogP contribution in [-0.4, -0.2) is 35.3 Å². The van der Waals surface area contributed by atoms with Crippen LogP contribution in [0.2, 0.25) is 0 Å². The van der Waals surface area contributed by atoms with Crippen molar-refractivity contribution < 1.29 is 23.8 Å². The van der Waals surface area contributed by atoms with E-state index in [9.17, 15) is 14.7 Å². The van der Waals surface area contributed by atoms with E-state index in [0.717, 1.165) is 0 Å². The number of ether oxygens (including phenoxy) is 2. The molecule has 0 aliphatic carbocycles. The second-order valence-corrected chi connectivity index (χ2v) is 7.49. The van der Waals surface area contributed by atoms with E-state index < -0.39 is 6.09 Å². The number of rotatable bonds is 5. The Morgan fingerprint density at radius 2 is 1.67 bits per heavy atom. The zero-order chi connectivity index (χ0) is 22.0. The Balaban J connectivity index is 1.99. The molecule has 1 N–H and O–H groups in total. The zero-order valence-electron chi connectivity index (χ0n) is 17.6. The summed E-state index contributed by atoms with van der Waals surface area (Å²) in [6.45, 7) is 7.55. The summed E-state index contributed by atoms with van der Waals surface area (Å²) in [6.07, 6.45) is 0.780. The standard InChI is InChI=1S/C23H25NO6/c1-13(2)24(14(3)4)23(27)30-17-10-19(25)21-20(11-17)29-12-18(22(21)26)15-6-8-16(28-5)9-7-15/h6-14,25H,1-5H3. The highest BCUT2D eigenvalue weighted by atomic mass is 16.6. The van der Waals surface area contributed by atoms with E-state index in [4.69, 9.17) is 13.9 Å². The number of nitrogens with zero attached hydrogens (tertiary/aromatic N) is 1. The van der Waals surface area contributed by atoms with Gasteiger partial charge < -0.3 is 23.9 Å². The molecule has 0 bridgehead atoms. The topological polar surface area (TPSA) is 89.2 Å². The van der Waals surface area contributed by atoms with Crippen LogP contribution in [0.3, 0.4) is 0 Å². The Morgan fingerprint density at radius 1 is 1.03 bits per heavy atom. The van der Waals surface area contributed by atoms with Gasteiger partial charge in [-0.3, -0.25) is 4.79 Å². The molecule has 0 radical (unpaired) electrons. The Hall–Kier alpha value is -3.48. The first kappa shape index (κ1) is 21.2. The van der Waals surface area contributed by atoms with Gasteiger partial charge in [-0.15, -0.1) is 0 Å². The van der Waals surface area contributed by atoms with Gasteiger partial charge in [0.05, 0.1) is 12.7 Å². The molecule has 0 saturated heterocycles. The fraction of sp³-hybridized carbons (Fsp3) is 0.304. The van der Waals surface area contributed by atoms with E-state index in [-0.39, 0.29) is 40.0 Å². The highest BCUT2D eigenvalue weighted by Crippen LogP contribution is 2.31. The maximum Gasteiger partial charge on any atom is 0.415 e. The first-order valence-electron chi connectivity index (χ1n) is 9.66. The summed E-state index contributed by atoms with van der Waals surface area (Å²) in [4.78, 5) is 27.1. The van der Waals surface area contributed by atoms with Gasteiger partial charge in [-0.2, -0.15) is 0 Å². The molecule has 0 atom stereocenters. The van der Waals surface area contributed by atoms with Gasteiger partial charge in [0.1, 0.15) is 34.5 Å². The number of phenolic OH excluding ortho intramolecular Hbond substituents is 1. The third-order valence-electron chi connectivity index (χ3n) is 4.76. The fourth-order valence-corrected chi connectivity index (χ4v) is 3.41. The van der Waals surface area contributed by atoms with E-state index in [0.29, 0.717) is 16.9 Å². The highest BCUT2D eigenvalue weighted by molar-refractivity contribution is 5.88. The van der Waals surface area contributed by atoms with Gasteiger partial charge >= 0.3 is 6.09 Å². The van der Waals surface area contributed by atoms with Crippen LogP contribution < -0.4 is 14.9 Å². The minimum absolute atomic E-state index is 0.0210. The van der Waals surface area contributed by atoms with E-state index in [1.165, 1.54) is 18.4 Å². The van der Waals surface area contributed by atoms with E-state index in [1.807, 2.05) is 27.7 Å². The summed E-state index contributed by atoms with van der Waals surface area (Å²) in [7, 11) is 1.56. The average Bonchev–Trinajstić information content (AvgIpc) is 2.67. The molecule has 0 fully saturated rings. The Bertz CT molecular complexity index is 1110. The summed E-state index contributed by atoms with van der Waals surface area (Å²) in [6, 6.07) is 9.48. The number of hydrogen-bond donors (Lipinski definition) is 1. The predicted octanol–water partition coefficient (Wildman–Crippen LogP) is 4.79. The van der Waals surface area contributed by atoms with E-state index in [1.54, 1.807) is 36.3 Å². The van der Waals surface area contributed by atoms with Crippen LogP contribution in [0.25, 0.3) is 22.1 Å². The van der Waals surface area contributed by atoms with Crippen molar-refractivity contribution in [2.45, 2.75) is 39.8 Å². The molecule has 3 aromatic rings. The Labute approximate surface area is 174 Å². The minimum Gasteiger partial charge on any atom is -0.507 e. The summed E-state index contributed by atoms with van der Waals surface area (Å²) in [5.74, 6) is 0.437. The molecular formula is C23H25NO6. The molecule has 0 saturated carbocycles. The average molecular weight is 411 g/mol. The fourth-order valence-electron chi connectivity index (χ4n) is 3.41. The second-order valence-electron chi connectivity index (χ2n) is 7.49. The smallest absolute Gasteiger partial charge is 0.415 e. The number of benzene rings is 2. The van der Waals surface area contributed by atoms with Crippen LogP contribution in [0.4, 0.5) is 4.79 Å². The zero-order valence-corrected chi connectivity index (χ0v) is 17.6. The SMILES string of the molecule is COc1ccc(-c2coc3cc(OC(=O)N(C(C)C)C(C)C)cc(O)c3c2=O)cc1. The number of carbonyl (C=O) groups is 1. The molecule has 1 aromatic heterocycles. The Morgan fingerprint density at radius 3 is 2.23 bits per heavy atom. The maximum atomic E-state index is 13.0. The largest absolute Gasteiger partial charge is 0.507 e. The van der Waals surface area contributed by atoms with Crippen molar-refractivity contribution in [3.63, 3.8) is 0 Å². The number of hydrogen-bond acceptors (Lipinski definition) is 6. The molecule has 2 aromatic carbocycles. The molecule has 3 rings (SSSR count). The molecule has 7 nitrogen and oxygen atoms in total. The molecule has 7 heteroatoms. The van der Waals surface area contributed by atoms with Crippen molar-refractivity contribution in [3.8, 4) is 28.4 Å². The van der Waals surface area contributed by atoms with Crippen LogP contribution >= 0.6 is 0 Å². The predicted molar refractivity (Wildman–Crippen MR) is 114 cm³/mol. The number of carbonyl (C=O) groups excluding carboxylic acids is 1. The van der Waals surface area contributed by atoms with E-state index in [2.05, 4.69) is 0 Å². The van der Waals surface area contributed by atoms with Crippen LogP contribution in [0.5, 0.6) is 17.2 Å². The lowest BCUT2D eigenvalue weighted by atomic mass is 10.0. The lowest BCUT2D eigenvalue weighted by molar-refractivity contribution is 0.122. The highest BCUT2D eigenvalue weighted by Gasteiger charge is 2.23. The monoisotopic (exact) mass is 411 g/mol. The molecular weight excluding hydrogens is 386 g/mol. The van der Waals surface area contributed by atoms with Crippen molar-refractivity contribution in [2.75, 3.05) is 7.11 Å². The summed E-state index contributed by atoms with van der Waals surface area (Å²) in [5.41, 5.74) is 0.672. The number of fused-ring (bicyclic) bond motifs is 1. The second kappa shape index (κ2) is 8.49. The van der Waals surface area contributed by atoms with E-state index >= 15 is 0 Å². The van der Waals surface area contributed by atoms with Gasteiger partial charge in [-0.25, -0.2) is 4.79 Å². The summed E-state index contributed by atoms with van der Waals surface area (Å²) < 4.78 is 16.1. The first-order valence-corrected chi connectivity index (χ1v) is 9.66. The number of phenols is 1. The third-order valence-corrected chi connectivity index (χ3v) is 4.76. The van der Waals surface area contributed by atoms with Crippen LogP contribution in [0.1, 0.15) is 27.7 Å². The van der Waals surface area contributed by atoms with Gasteiger partial charge in [-0.05, 0) is 45.4 Å². The van der Waals surface area contributed by atoms with Crippen molar-refractivity contribution in [1.29, 1.82) is 0 Å². The van der Waals surface area contributed by atoms with Gasteiger partial charge in [0, 0.05) is 24.2 Å². The lowest BCUT2D eigenvalue weighted by Crippen LogP contribution is -2.43. The lowest BCUT2D eigenvalue weighted by Gasteiger charge is -2.29. The van der Waals surface area contributed by atoms with Crippen molar-refractivity contribution in [3.05, 3.63) is 52.9 Å². The van der Waals surface area contributed by atoms with Crippen LogP contribution in [0.15, 0.2) is 51.9 Å². The van der Waals surface area contributed by atoms with Crippen molar-refractivity contribution in [1.82, 2.24) is 4.90 Å². The molecule has 0 spiro atoms.